The summed E-state index contributed by atoms with van der Waals surface area (Å²) in [5, 5.41) is 17.9. The number of hydrogen-bond donors (Lipinski definition) is 2. The largest absolute Gasteiger partial charge is 0.487 e. The van der Waals surface area contributed by atoms with E-state index in [0.717, 1.165) is 28.1 Å². The van der Waals surface area contributed by atoms with Crippen molar-refractivity contribution in [2.75, 3.05) is 17.3 Å². The number of amides is 1. The molecule has 0 saturated heterocycles. The van der Waals surface area contributed by atoms with Gasteiger partial charge in [-0.25, -0.2) is 9.48 Å². The third-order valence-corrected chi connectivity index (χ3v) is 7.72. The number of para-hydroxylation sites is 1. The number of ether oxygens (including phenoxy) is 1. The molecule has 1 aromatic heterocycles. The summed E-state index contributed by atoms with van der Waals surface area (Å²) in [6.45, 7) is 8.89. The van der Waals surface area contributed by atoms with Gasteiger partial charge in [0.2, 0.25) is 5.91 Å². The van der Waals surface area contributed by atoms with Gasteiger partial charge in [-0.2, -0.15) is 5.10 Å². The van der Waals surface area contributed by atoms with Crippen LogP contribution in [0.2, 0.25) is 10.0 Å². The van der Waals surface area contributed by atoms with E-state index in [2.05, 4.69) is 29.2 Å². The molecule has 4 aromatic rings. The molecule has 1 heterocycles. The molecule has 0 aliphatic carbocycles. The molecule has 0 saturated carbocycles. The van der Waals surface area contributed by atoms with Gasteiger partial charge in [0.25, 0.3) is 0 Å². The number of carbonyl (C=O) groups is 2. The van der Waals surface area contributed by atoms with Crippen LogP contribution in [-0.2, 0) is 17.9 Å². The number of carboxylic acid groups (broad SMARTS) is 1. The Morgan fingerprint density at radius 3 is 2.44 bits per heavy atom. The molecule has 43 heavy (non-hydrogen) atoms. The lowest BCUT2D eigenvalue weighted by Gasteiger charge is -2.23. The number of benzene rings is 3. The minimum absolute atomic E-state index is 0.0623. The van der Waals surface area contributed by atoms with Crippen LogP contribution < -0.4 is 15.0 Å². The summed E-state index contributed by atoms with van der Waals surface area (Å²) in [5.41, 5.74) is 5.76. The van der Waals surface area contributed by atoms with Crippen LogP contribution in [0.4, 0.5) is 11.4 Å². The number of carboxylic acids is 1. The smallest absolute Gasteiger partial charge is 0.337 e. The summed E-state index contributed by atoms with van der Waals surface area (Å²) < 4.78 is 8.02. The lowest BCUT2D eigenvalue weighted by molar-refractivity contribution is -0.116. The van der Waals surface area contributed by atoms with E-state index in [1.807, 2.05) is 45.3 Å². The molecule has 1 amide bonds. The van der Waals surface area contributed by atoms with Gasteiger partial charge in [0.15, 0.2) is 0 Å². The zero-order valence-electron chi connectivity index (χ0n) is 24.9. The quantitative estimate of drug-likeness (QED) is 0.165. The van der Waals surface area contributed by atoms with Gasteiger partial charge in [-0.1, -0.05) is 56.1 Å². The molecule has 10 heteroatoms. The highest BCUT2D eigenvalue weighted by Gasteiger charge is 2.20. The second-order valence-electron chi connectivity index (χ2n) is 10.8. The number of aryl methyl sites for hydroxylation is 1. The molecule has 0 aliphatic rings. The summed E-state index contributed by atoms with van der Waals surface area (Å²) in [4.78, 5) is 25.9. The van der Waals surface area contributed by atoms with Crippen molar-refractivity contribution < 1.29 is 19.4 Å². The van der Waals surface area contributed by atoms with Crippen molar-refractivity contribution in [2.45, 2.75) is 59.6 Å². The van der Waals surface area contributed by atoms with Crippen molar-refractivity contribution in [1.82, 2.24) is 9.78 Å². The average molecular weight is 624 g/mol. The van der Waals surface area contributed by atoms with Gasteiger partial charge in [0, 0.05) is 25.7 Å². The SMILES string of the molecule is CCCC(=O)Nc1cc(CN(C)c2ccc(OCc3c(C(C)C)cnn3-c3c(Cl)cccc3Cl)cc2C)ccc1C(=O)O. The van der Waals surface area contributed by atoms with E-state index >= 15 is 0 Å². The van der Waals surface area contributed by atoms with Crippen molar-refractivity contribution in [3.05, 3.63) is 98.8 Å². The molecule has 0 spiro atoms. The van der Waals surface area contributed by atoms with Gasteiger partial charge in [-0.3, -0.25) is 4.79 Å². The number of rotatable bonds is 12. The van der Waals surface area contributed by atoms with E-state index in [0.29, 0.717) is 46.6 Å². The number of nitrogens with one attached hydrogen (secondary N) is 1. The lowest BCUT2D eigenvalue weighted by Crippen LogP contribution is -2.19. The third-order valence-electron chi connectivity index (χ3n) is 7.11. The second kappa shape index (κ2) is 14.0. The Kier molecular flexibility index (Phi) is 10.4. The normalized spacial score (nSPS) is 11.1. The fourth-order valence-electron chi connectivity index (χ4n) is 4.97. The number of nitrogens with zero attached hydrogens (tertiary/aromatic N) is 3. The van der Waals surface area contributed by atoms with Crippen LogP contribution in [-0.4, -0.2) is 33.8 Å². The predicted molar refractivity (Wildman–Crippen MR) is 172 cm³/mol. The van der Waals surface area contributed by atoms with E-state index in [1.54, 1.807) is 35.0 Å². The Hall–Kier alpha value is -4.01. The summed E-state index contributed by atoms with van der Waals surface area (Å²) in [6.07, 6.45) is 2.83. The number of hydrogen-bond acceptors (Lipinski definition) is 5. The van der Waals surface area contributed by atoms with Gasteiger partial charge in [-0.15, -0.1) is 0 Å². The zero-order valence-corrected chi connectivity index (χ0v) is 26.5. The van der Waals surface area contributed by atoms with E-state index in [4.69, 9.17) is 27.9 Å². The molecule has 0 atom stereocenters. The molecule has 3 aromatic carbocycles. The highest BCUT2D eigenvalue weighted by molar-refractivity contribution is 6.37. The summed E-state index contributed by atoms with van der Waals surface area (Å²) in [7, 11) is 1.96. The molecular weight excluding hydrogens is 587 g/mol. The van der Waals surface area contributed by atoms with E-state index in [9.17, 15) is 14.7 Å². The van der Waals surface area contributed by atoms with Crippen LogP contribution in [0.15, 0.2) is 60.8 Å². The van der Waals surface area contributed by atoms with Crippen LogP contribution in [0.25, 0.3) is 5.69 Å². The minimum atomic E-state index is -1.09. The van der Waals surface area contributed by atoms with Crippen LogP contribution in [0, 0.1) is 6.92 Å². The number of carbonyl (C=O) groups excluding carboxylic acids is 1. The fraction of sp³-hybridized carbons (Fsp3) is 0.303. The Labute approximate surface area is 262 Å². The molecule has 0 radical (unpaired) electrons. The van der Waals surface area contributed by atoms with Gasteiger partial charge < -0.3 is 20.1 Å². The predicted octanol–water partition coefficient (Wildman–Crippen LogP) is 8.26. The van der Waals surface area contributed by atoms with Crippen LogP contribution in [0.3, 0.4) is 0 Å². The van der Waals surface area contributed by atoms with Gasteiger partial charge in [-0.05, 0) is 78.4 Å². The van der Waals surface area contributed by atoms with Gasteiger partial charge in [0.1, 0.15) is 18.0 Å². The van der Waals surface area contributed by atoms with E-state index in [-0.39, 0.29) is 24.0 Å². The van der Waals surface area contributed by atoms with Crippen LogP contribution >= 0.6 is 23.2 Å². The molecule has 0 unspecified atom stereocenters. The highest BCUT2D eigenvalue weighted by Crippen LogP contribution is 2.33. The lowest BCUT2D eigenvalue weighted by atomic mass is 10.0. The van der Waals surface area contributed by atoms with Crippen molar-refractivity contribution in [2.24, 2.45) is 0 Å². The first-order valence-electron chi connectivity index (χ1n) is 14.1. The van der Waals surface area contributed by atoms with Gasteiger partial charge in [0.05, 0.1) is 33.2 Å². The average Bonchev–Trinajstić information content (AvgIpc) is 3.35. The van der Waals surface area contributed by atoms with Crippen molar-refractivity contribution in [3.63, 3.8) is 0 Å². The minimum Gasteiger partial charge on any atom is -0.487 e. The summed E-state index contributed by atoms with van der Waals surface area (Å²) >= 11 is 13.0. The fourth-order valence-corrected chi connectivity index (χ4v) is 5.53. The number of aromatic nitrogens is 2. The van der Waals surface area contributed by atoms with Crippen LogP contribution in [0.1, 0.15) is 72.3 Å². The first-order valence-corrected chi connectivity index (χ1v) is 14.9. The standard InChI is InChI=1S/C33H36Cl2N4O4/c1-6-8-31(40)37-28-16-22(11-13-24(28)33(41)42)18-38(5)29-14-12-23(15-21(29)4)43-19-30-25(20(2)3)17-36-39(30)32-26(34)9-7-10-27(32)35/h7,9-17,20H,6,8,18-19H2,1-5H3,(H,37,40)(H,41,42). The molecule has 8 nitrogen and oxygen atoms in total. The van der Waals surface area contributed by atoms with E-state index in [1.165, 1.54) is 6.07 Å². The molecule has 0 bridgehead atoms. The van der Waals surface area contributed by atoms with E-state index < -0.39 is 5.97 Å². The monoisotopic (exact) mass is 622 g/mol. The first kappa shape index (κ1) is 31.9. The van der Waals surface area contributed by atoms with Crippen molar-refractivity contribution in [1.29, 1.82) is 0 Å². The number of aromatic carboxylic acids is 1. The Balaban J connectivity index is 1.52. The second-order valence-corrected chi connectivity index (χ2v) is 11.6. The Bertz CT molecular complexity index is 1610. The molecule has 2 N–H and O–H groups in total. The Morgan fingerprint density at radius 2 is 1.81 bits per heavy atom. The summed E-state index contributed by atoms with van der Waals surface area (Å²) in [5.74, 6) is -0.373. The molecule has 4 rings (SSSR count). The third kappa shape index (κ3) is 7.50. The maximum Gasteiger partial charge on any atom is 0.337 e. The maximum absolute atomic E-state index is 12.2. The summed E-state index contributed by atoms with van der Waals surface area (Å²) in [6, 6.07) is 16.3. The molecule has 0 fully saturated rings. The number of anilines is 2. The molecule has 226 valence electrons. The van der Waals surface area contributed by atoms with Crippen molar-refractivity contribution in [3.8, 4) is 11.4 Å². The van der Waals surface area contributed by atoms with Gasteiger partial charge >= 0.3 is 5.97 Å². The van der Waals surface area contributed by atoms with Crippen LogP contribution in [0.5, 0.6) is 5.75 Å². The van der Waals surface area contributed by atoms with Crippen molar-refractivity contribution >= 4 is 46.5 Å². The Morgan fingerprint density at radius 1 is 1.09 bits per heavy atom. The molecular formula is C33H36Cl2N4O4. The zero-order chi connectivity index (χ0) is 31.3. The number of halogens is 2. The topological polar surface area (TPSA) is 96.7 Å². The highest BCUT2D eigenvalue weighted by atomic mass is 35.5. The molecule has 0 aliphatic heterocycles. The first-order chi connectivity index (χ1) is 20.5. The maximum atomic E-state index is 12.2.